The van der Waals surface area contributed by atoms with Crippen LogP contribution in [0.1, 0.15) is 36.0 Å². The Morgan fingerprint density at radius 2 is 2.06 bits per heavy atom. The van der Waals surface area contributed by atoms with Gasteiger partial charge in [0.05, 0.1) is 37.7 Å². The van der Waals surface area contributed by atoms with Gasteiger partial charge in [0.15, 0.2) is 5.82 Å². The highest BCUT2D eigenvalue weighted by Gasteiger charge is 2.48. The molecule has 2 aliphatic rings. The number of carbonyl (C=O) groups excluding carboxylic acids is 2. The molecule has 0 saturated heterocycles. The molecule has 12 heteroatoms. The molecule has 0 bridgehead atoms. The molecule has 2 aromatic rings. The predicted molar refractivity (Wildman–Crippen MR) is 124 cm³/mol. The zero-order chi connectivity index (χ0) is 25.2. The number of anilines is 4. The van der Waals surface area contributed by atoms with Crippen molar-refractivity contribution >= 4 is 35.0 Å². The average Bonchev–Trinajstić information content (AvgIpc) is 3.38. The normalized spacial score (nSPS) is 17.7. The average molecular weight is 491 g/mol. The lowest BCUT2D eigenvalue weighted by atomic mass is 10.2. The van der Waals surface area contributed by atoms with Crippen LogP contribution in [0.4, 0.5) is 31.9 Å². The first-order chi connectivity index (χ1) is 16.7. The Balaban J connectivity index is 1.72. The lowest BCUT2D eigenvalue weighted by Gasteiger charge is -2.31. The Kier molecular flexibility index (Phi) is 7.01. The molecule has 2 heterocycles. The zero-order valence-corrected chi connectivity index (χ0v) is 19.5. The molecular formula is C23H27F2N5O5. The van der Waals surface area contributed by atoms with Gasteiger partial charge in [0.25, 0.3) is 5.91 Å². The number of carbonyl (C=O) groups is 2. The summed E-state index contributed by atoms with van der Waals surface area (Å²) in [7, 11) is 2.55. The van der Waals surface area contributed by atoms with E-state index in [2.05, 4.69) is 15.3 Å². The van der Waals surface area contributed by atoms with Crippen molar-refractivity contribution in [1.29, 1.82) is 0 Å². The third-order valence-electron chi connectivity index (χ3n) is 6.13. The van der Waals surface area contributed by atoms with Crippen LogP contribution in [0.3, 0.4) is 0 Å². The number of ether oxygens (including phenoxy) is 2. The smallest absolute Gasteiger partial charge is 0.342 e. The van der Waals surface area contributed by atoms with Crippen LogP contribution in [0, 0.1) is 0 Å². The largest absolute Gasteiger partial charge is 0.489 e. The molecule has 188 valence electrons. The Hall–Kier alpha value is -3.54. The number of nitrogens with zero attached hydrogens (tertiary/aromatic N) is 4. The molecule has 1 aliphatic carbocycles. The van der Waals surface area contributed by atoms with E-state index >= 15 is 0 Å². The van der Waals surface area contributed by atoms with Gasteiger partial charge in [-0.25, -0.2) is 9.78 Å². The maximum atomic E-state index is 14.8. The predicted octanol–water partition coefficient (Wildman–Crippen LogP) is 2.74. The number of hydrogen-bond donors (Lipinski definition) is 2. The maximum absolute atomic E-state index is 14.8. The highest BCUT2D eigenvalue weighted by Crippen LogP contribution is 2.40. The fourth-order valence-corrected chi connectivity index (χ4v) is 4.37. The lowest BCUT2D eigenvalue weighted by molar-refractivity contribution is -0.140. The van der Waals surface area contributed by atoms with Crippen LogP contribution in [-0.2, 0) is 9.53 Å². The number of rotatable bonds is 7. The molecule has 1 aliphatic heterocycles. The van der Waals surface area contributed by atoms with Gasteiger partial charge in [0.1, 0.15) is 18.0 Å². The molecule has 1 amide bonds. The summed E-state index contributed by atoms with van der Waals surface area (Å²) >= 11 is 0. The van der Waals surface area contributed by atoms with Crippen LogP contribution in [0.15, 0.2) is 24.4 Å². The Labute approximate surface area is 200 Å². The summed E-state index contributed by atoms with van der Waals surface area (Å²) in [6.07, 6.45) is 4.63. The van der Waals surface area contributed by atoms with Gasteiger partial charge in [0, 0.05) is 13.1 Å². The van der Waals surface area contributed by atoms with Crippen LogP contribution < -0.4 is 19.9 Å². The van der Waals surface area contributed by atoms with Crippen molar-refractivity contribution in [2.75, 3.05) is 49.0 Å². The van der Waals surface area contributed by atoms with Crippen molar-refractivity contribution in [3.05, 3.63) is 30.0 Å². The zero-order valence-electron chi connectivity index (χ0n) is 19.5. The van der Waals surface area contributed by atoms with E-state index in [1.807, 2.05) is 0 Å². The van der Waals surface area contributed by atoms with Crippen LogP contribution in [0.2, 0.25) is 0 Å². The fourth-order valence-electron chi connectivity index (χ4n) is 4.37. The summed E-state index contributed by atoms with van der Waals surface area (Å²) in [5, 5.41) is 12.1. The summed E-state index contributed by atoms with van der Waals surface area (Å²) < 4.78 is 39.8. The van der Waals surface area contributed by atoms with Crippen molar-refractivity contribution < 1.29 is 33.0 Å². The molecule has 1 aromatic carbocycles. The monoisotopic (exact) mass is 491 g/mol. The SMILES string of the molecule is COC(=O)c1ccc(Nc2ncc3c(n2)N(C2CCCC2)CC(F)(F)C(=O)N3C)c(OCCO)c1. The second-order valence-electron chi connectivity index (χ2n) is 8.44. The van der Waals surface area contributed by atoms with Crippen molar-refractivity contribution in [2.24, 2.45) is 0 Å². The molecule has 0 spiro atoms. The first-order valence-corrected chi connectivity index (χ1v) is 11.3. The van der Waals surface area contributed by atoms with Gasteiger partial charge in [-0.2, -0.15) is 13.8 Å². The lowest BCUT2D eigenvalue weighted by Crippen LogP contribution is -2.48. The van der Waals surface area contributed by atoms with Gasteiger partial charge < -0.3 is 29.7 Å². The number of benzene rings is 1. The summed E-state index contributed by atoms with van der Waals surface area (Å²) in [6.45, 7) is -1.03. The molecule has 35 heavy (non-hydrogen) atoms. The van der Waals surface area contributed by atoms with E-state index in [4.69, 9.17) is 14.6 Å². The number of fused-ring (bicyclic) bond motifs is 1. The van der Waals surface area contributed by atoms with Gasteiger partial charge in [-0.15, -0.1) is 0 Å². The van der Waals surface area contributed by atoms with Crippen LogP contribution in [0.5, 0.6) is 5.75 Å². The summed E-state index contributed by atoms with van der Waals surface area (Å²) in [4.78, 5) is 35.5. The topological polar surface area (TPSA) is 117 Å². The minimum atomic E-state index is -3.57. The van der Waals surface area contributed by atoms with E-state index in [-0.39, 0.29) is 48.0 Å². The molecule has 0 atom stereocenters. The van der Waals surface area contributed by atoms with E-state index in [0.29, 0.717) is 5.69 Å². The number of methoxy groups -OCH3 is 1. The van der Waals surface area contributed by atoms with Gasteiger partial charge >= 0.3 is 11.9 Å². The van der Waals surface area contributed by atoms with Gasteiger partial charge in [-0.3, -0.25) is 4.79 Å². The van der Waals surface area contributed by atoms with E-state index in [1.165, 1.54) is 37.4 Å². The van der Waals surface area contributed by atoms with Crippen LogP contribution in [0.25, 0.3) is 0 Å². The van der Waals surface area contributed by atoms with Gasteiger partial charge in [-0.1, -0.05) is 12.8 Å². The maximum Gasteiger partial charge on any atom is 0.342 e. The van der Waals surface area contributed by atoms with Crippen LogP contribution >= 0.6 is 0 Å². The molecule has 2 N–H and O–H groups in total. The number of hydrogen-bond acceptors (Lipinski definition) is 9. The Morgan fingerprint density at radius 3 is 2.74 bits per heavy atom. The van der Waals surface area contributed by atoms with E-state index in [9.17, 15) is 18.4 Å². The second-order valence-corrected chi connectivity index (χ2v) is 8.44. The number of aliphatic hydroxyl groups excluding tert-OH is 1. The quantitative estimate of drug-likeness (QED) is 0.564. The van der Waals surface area contributed by atoms with E-state index in [1.54, 1.807) is 6.07 Å². The summed E-state index contributed by atoms with van der Waals surface area (Å²) in [6, 6.07) is 4.36. The van der Waals surface area contributed by atoms with E-state index < -0.39 is 24.3 Å². The fraction of sp³-hybridized carbons (Fsp3) is 0.478. The number of nitrogens with one attached hydrogen (secondary N) is 1. The minimum absolute atomic E-state index is 0.0260. The molecule has 0 unspecified atom stereocenters. The Bertz CT molecular complexity index is 1110. The summed E-state index contributed by atoms with van der Waals surface area (Å²) in [5.74, 6) is -4.86. The van der Waals surface area contributed by atoms with Crippen molar-refractivity contribution in [2.45, 2.75) is 37.6 Å². The summed E-state index contributed by atoms with van der Waals surface area (Å²) in [5.41, 5.74) is 0.827. The van der Waals surface area contributed by atoms with Crippen molar-refractivity contribution in [3.8, 4) is 5.75 Å². The van der Waals surface area contributed by atoms with Gasteiger partial charge in [-0.05, 0) is 31.0 Å². The number of aliphatic hydroxyl groups is 1. The van der Waals surface area contributed by atoms with Gasteiger partial charge in [0.2, 0.25) is 5.95 Å². The number of alkyl halides is 2. The molecule has 4 rings (SSSR count). The number of esters is 1. The number of halogens is 2. The standard InChI is InChI=1S/C23H27F2N5O5/c1-29-17-12-26-22(27-16-8-7-14(20(32)34-2)11-18(16)35-10-9-31)28-19(17)30(15-5-3-4-6-15)13-23(24,25)21(29)33/h7-8,11-12,15,31H,3-6,9-10,13H2,1-2H3,(H,26,27,28). The minimum Gasteiger partial charge on any atom is -0.489 e. The molecule has 1 fully saturated rings. The first-order valence-electron chi connectivity index (χ1n) is 11.3. The molecule has 10 nitrogen and oxygen atoms in total. The van der Waals surface area contributed by atoms with Crippen molar-refractivity contribution in [3.63, 3.8) is 0 Å². The molecule has 1 aromatic heterocycles. The number of aromatic nitrogens is 2. The third kappa shape index (κ3) is 4.97. The Morgan fingerprint density at radius 1 is 1.31 bits per heavy atom. The highest BCUT2D eigenvalue weighted by atomic mass is 19.3. The molecular weight excluding hydrogens is 464 g/mol. The first kappa shape index (κ1) is 24.6. The third-order valence-corrected chi connectivity index (χ3v) is 6.13. The molecule has 0 radical (unpaired) electrons. The second kappa shape index (κ2) is 9.98. The molecule has 1 saturated carbocycles. The number of amides is 1. The van der Waals surface area contributed by atoms with Crippen LogP contribution in [-0.4, -0.2) is 72.8 Å². The van der Waals surface area contributed by atoms with E-state index in [0.717, 1.165) is 30.6 Å². The highest BCUT2D eigenvalue weighted by molar-refractivity contribution is 6.02. The van der Waals surface area contributed by atoms with Crippen molar-refractivity contribution in [1.82, 2.24) is 9.97 Å².